The Bertz CT molecular complexity index is 1330. The maximum absolute atomic E-state index is 14.0. The Kier molecular flexibility index (Phi) is 15.0. The molecule has 5 amide bonds. The van der Waals surface area contributed by atoms with Crippen LogP contribution in [0.1, 0.15) is 66.4 Å². The second kappa shape index (κ2) is 17.3. The third-order valence-electron chi connectivity index (χ3n) is 8.29. The van der Waals surface area contributed by atoms with Crippen molar-refractivity contribution in [1.82, 2.24) is 30.5 Å². The second-order valence-corrected chi connectivity index (χ2v) is 17.4. The van der Waals surface area contributed by atoms with E-state index in [1.807, 2.05) is 45.0 Å². The summed E-state index contributed by atoms with van der Waals surface area (Å²) >= 11 is 3.43. The summed E-state index contributed by atoms with van der Waals surface area (Å²) in [6.45, 7) is 11.3. The lowest BCUT2D eigenvalue weighted by atomic mass is 9.85. The van der Waals surface area contributed by atoms with Crippen molar-refractivity contribution < 1.29 is 36.7 Å². The van der Waals surface area contributed by atoms with Crippen LogP contribution in [-0.2, 0) is 35.4 Å². The van der Waals surface area contributed by atoms with Crippen LogP contribution in [0.5, 0.6) is 0 Å². The molecule has 272 valence electrons. The fourth-order valence-electron chi connectivity index (χ4n) is 5.20. The van der Waals surface area contributed by atoms with E-state index in [-0.39, 0.29) is 26.1 Å². The molecular formula is C32H52BrF2N6O6S+. The predicted molar refractivity (Wildman–Crippen MR) is 186 cm³/mol. The van der Waals surface area contributed by atoms with E-state index in [0.717, 1.165) is 10.0 Å². The molecule has 0 aromatic heterocycles. The Balaban J connectivity index is 2.16. The lowest BCUT2D eigenvalue weighted by Crippen LogP contribution is -2.62. The van der Waals surface area contributed by atoms with Gasteiger partial charge < -0.3 is 26.2 Å². The molecule has 48 heavy (non-hydrogen) atoms. The van der Waals surface area contributed by atoms with Crippen molar-refractivity contribution in [2.75, 3.05) is 32.9 Å². The average molecular weight is 767 g/mol. The Morgan fingerprint density at radius 1 is 1.06 bits per heavy atom. The van der Waals surface area contributed by atoms with Gasteiger partial charge in [-0.2, -0.15) is 4.55 Å². The molecule has 1 aliphatic heterocycles. The first kappa shape index (κ1) is 41.5. The quantitative estimate of drug-likeness (QED) is 0.181. The number of halogens is 3. The van der Waals surface area contributed by atoms with Crippen molar-refractivity contribution in [2.24, 2.45) is 10.8 Å². The highest BCUT2D eigenvalue weighted by atomic mass is 79.9. The van der Waals surface area contributed by atoms with Crippen molar-refractivity contribution in [3.05, 3.63) is 34.3 Å². The molecule has 1 heterocycles. The first-order chi connectivity index (χ1) is 22.0. The summed E-state index contributed by atoms with van der Waals surface area (Å²) < 4.78 is 51.2. The SMILES string of the molecule is CN(C[C@@H](NC(=O)N[C@H](C(=O)N1CCC[C@H]1C(=O)N[C@@H](CC(F)F)C(=O)NCCc1ccccc1Br)C(C)(C)C)C(C)(C)C)[S+](C)(=O)O. The molecule has 0 aliphatic carbocycles. The standard InChI is InChI=1S/C32H51BrF2N6O6S/c1-31(2,3)24(19-40(7)48(8,46)47)38-30(45)39-26(32(4,5)6)29(44)41-17-11-14-23(41)28(43)37-22(18-25(34)35)27(42)36-16-15-20-12-9-10-13-21(20)33/h9-10,12-13,22-26H,11,14-19H2,1-8H3,(H4-,36,37,38,39,42,43,45,46,47)/p+1/t22-,23-,24+,26+/m0/s1. The van der Waals surface area contributed by atoms with Crippen LogP contribution < -0.4 is 21.3 Å². The van der Waals surface area contributed by atoms with Gasteiger partial charge in [-0.15, -0.1) is 0 Å². The Hall–Kier alpha value is -2.69. The van der Waals surface area contributed by atoms with E-state index in [2.05, 4.69) is 37.2 Å². The van der Waals surface area contributed by atoms with Gasteiger partial charge in [0.15, 0.2) is 6.26 Å². The first-order valence-electron chi connectivity index (χ1n) is 15.9. The summed E-state index contributed by atoms with van der Waals surface area (Å²) in [7, 11) is -1.80. The van der Waals surface area contributed by atoms with Gasteiger partial charge >= 0.3 is 6.03 Å². The number of nitrogens with zero attached hydrogens (tertiary/aromatic N) is 2. The summed E-state index contributed by atoms with van der Waals surface area (Å²) in [5, 5.41) is 10.6. The van der Waals surface area contributed by atoms with E-state index < -0.39 is 82.0 Å². The molecule has 5 atom stereocenters. The normalized spacial score (nSPS) is 18.5. The molecule has 0 spiro atoms. The number of nitrogens with one attached hydrogen (secondary N) is 4. The Morgan fingerprint density at radius 3 is 2.23 bits per heavy atom. The molecular weight excluding hydrogens is 714 g/mol. The number of likely N-dealkylation sites (N-methyl/N-ethyl adjacent to an activating group) is 1. The second-order valence-electron chi connectivity index (χ2n) is 14.4. The van der Waals surface area contributed by atoms with Crippen molar-refractivity contribution in [2.45, 2.75) is 97.8 Å². The van der Waals surface area contributed by atoms with Crippen LogP contribution in [0.25, 0.3) is 0 Å². The van der Waals surface area contributed by atoms with Crippen LogP contribution >= 0.6 is 15.9 Å². The number of benzene rings is 1. The van der Waals surface area contributed by atoms with E-state index in [9.17, 15) is 36.7 Å². The maximum Gasteiger partial charge on any atom is 0.315 e. The van der Waals surface area contributed by atoms with Gasteiger partial charge in [-0.05, 0) is 45.9 Å². The molecule has 16 heteroatoms. The number of amides is 5. The summed E-state index contributed by atoms with van der Waals surface area (Å²) in [6, 6.07) is 2.52. The molecule has 12 nitrogen and oxygen atoms in total. The zero-order valence-electron chi connectivity index (χ0n) is 29.1. The number of alkyl halides is 2. The van der Waals surface area contributed by atoms with Gasteiger partial charge in [0.1, 0.15) is 18.1 Å². The topological polar surface area (TPSA) is 160 Å². The summed E-state index contributed by atoms with van der Waals surface area (Å²) in [4.78, 5) is 54.9. The minimum atomic E-state index is -3.27. The van der Waals surface area contributed by atoms with Crippen molar-refractivity contribution in [3.63, 3.8) is 0 Å². The average Bonchev–Trinajstić information content (AvgIpc) is 3.44. The highest BCUT2D eigenvalue weighted by molar-refractivity contribution is 9.10. The smallest absolute Gasteiger partial charge is 0.315 e. The van der Waals surface area contributed by atoms with Gasteiger partial charge in [0, 0.05) is 31.0 Å². The molecule has 1 fully saturated rings. The van der Waals surface area contributed by atoms with E-state index in [1.165, 1.54) is 22.5 Å². The summed E-state index contributed by atoms with van der Waals surface area (Å²) in [5.74, 6) is -2.01. The summed E-state index contributed by atoms with van der Waals surface area (Å²) in [6.07, 6.45) is -1.43. The third kappa shape index (κ3) is 12.6. The van der Waals surface area contributed by atoms with Crippen LogP contribution in [0.15, 0.2) is 28.7 Å². The van der Waals surface area contributed by atoms with Crippen molar-refractivity contribution >= 4 is 50.1 Å². The van der Waals surface area contributed by atoms with Crippen LogP contribution in [0.2, 0.25) is 0 Å². The van der Waals surface area contributed by atoms with Gasteiger partial charge in [-0.3, -0.25) is 14.4 Å². The monoisotopic (exact) mass is 765 g/mol. The Labute approximate surface area is 292 Å². The van der Waals surface area contributed by atoms with Crippen LogP contribution in [0, 0.1) is 10.8 Å². The minimum absolute atomic E-state index is 0.0580. The third-order valence-corrected chi connectivity index (χ3v) is 10.4. The van der Waals surface area contributed by atoms with E-state index >= 15 is 0 Å². The number of carbonyl (C=O) groups excluding carboxylic acids is 4. The van der Waals surface area contributed by atoms with Gasteiger partial charge in [0.2, 0.25) is 24.1 Å². The van der Waals surface area contributed by atoms with Crippen molar-refractivity contribution in [3.8, 4) is 0 Å². The maximum atomic E-state index is 14.0. The summed E-state index contributed by atoms with van der Waals surface area (Å²) in [5.41, 5.74) is -0.406. The lowest BCUT2D eigenvalue weighted by Gasteiger charge is -2.37. The minimum Gasteiger partial charge on any atom is -0.354 e. The van der Waals surface area contributed by atoms with Crippen LogP contribution in [0.4, 0.5) is 13.6 Å². The zero-order valence-corrected chi connectivity index (χ0v) is 31.5. The van der Waals surface area contributed by atoms with Crippen molar-refractivity contribution in [1.29, 1.82) is 0 Å². The number of hydrogen-bond acceptors (Lipinski definition) is 5. The predicted octanol–water partition coefficient (Wildman–Crippen LogP) is 3.82. The first-order valence-corrected chi connectivity index (χ1v) is 18.6. The van der Waals surface area contributed by atoms with Crippen LogP contribution in [0.3, 0.4) is 0 Å². The molecule has 1 aromatic carbocycles. The number of hydrogen-bond donors (Lipinski definition) is 5. The molecule has 1 saturated heterocycles. The van der Waals surface area contributed by atoms with Gasteiger partial charge in [-0.25, -0.2) is 13.6 Å². The number of rotatable bonds is 14. The number of urea groups is 1. The highest BCUT2D eigenvalue weighted by Crippen LogP contribution is 2.27. The van der Waals surface area contributed by atoms with E-state index in [0.29, 0.717) is 12.8 Å². The molecule has 1 aromatic rings. The van der Waals surface area contributed by atoms with Gasteiger partial charge in [-0.1, -0.05) is 80.0 Å². The molecule has 2 rings (SSSR count). The molecule has 0 saturated carbocycles. The lowest BCUT2D eigenvalue weighted by molar-refractivity contribution is -0.142. The largest absolute Gasteiger partial charge is 0.354 e. The number of carbonyl (C=O) groups is 4. The molecule has 0 radical (unpaired) electrons. The number of likely N-dealkylation sites (tertiary alicyclic amines) is 1. The molecule has 5 N–H and O–H groups in total. The fraction of sp³-hybridized carbons (Fsp3) is 0.688. The van der Waals surface area contributed by atoms with E-state index in [4.69, 9.17) is 0 Å². The highest BCUT2D eigenvalue weighted by Gasteiger charge is 2.43. The molecule has 1 unspecified atom stereocenters. The van der Waals surface area contributed by atoms with E-state index in [1.54, 1.807) is 20.8 Å². The zero-order chi connectivity index (χ0) is 36.6. The van der Waals surface area contributed by atoms with Gasteiger partial charge in [0.25, 0.3) is 10.4 Å². The molecule has 0 bridgehead atoms. The van der Waals surface area contributed by atoms with Crippen LogP contribution in [-0.4, -0.2) is 101 Å². The molecule has 1 aliphatic rings. The fourth-order valence-corrected chi connectivity index (χ4v) is 6.11. The van der Waals surface area contributed by atoms with Gasteiger partial charge in [0.05, 0.1) is 12.6 Å². The Morgan fingerprint density at radius 2 is 1.69 bits per heavy atom.